The summed E-state index contributed by atoms with van der Waals surface area (Å²) in [5.41, 5.74) is 1.32. The van der Waals surface area contributed by atoms with E-state index in [0.717, 1.165) is 19.5 Å². The van der Waals surface area contributed by atoms with Gasteiger partial charge in [0.1, 0.15) is 0 Å². The lowest BCUT2D eigenvalue weighted by atomic mass is 10.0. The van der Waals surface area contributed by atoms with E-state index in [9.17, 15) is 0 Å². The van der Waals surface area contributed by atoms with Crippen LogP contribution in [0.4, 0.5) is 0 Å². The Morgan fingerprint density at radius 2 is 2.44 bits per heavy atom. The summed E-state index contributed by atoms with van der Waals surface area (Å²) in [6.07, 6.45) is 2.31. The van der Waals surface area contributed by atoms with Crippen LogP contribution >= 0.6 is 11.3 Å². The van der Waals surface area contributed by atoms with Gasteiger partial charge in [-0.2, -0.15) is 0 Å². The number of aromatic nitrogens is 1. The molecule has 90 valence electrons. The molecule has 1 aromatic rings. The molecule has 0 aromatic carbocycles. The van der Waals surface area contributed by atoms with Gasteiger partial charge in [-0.1, -0.05) is 0 Å². The molecule has 0 amide bonds. The Hall–Kier alpha value is -0.450. The van der Waals surface area contributed by atoms with Gasteiger partial charge >= 0.3 is 0 Å². The van der Waals surface area contributed by atoms with Gasteiger partial charge in [0.25, 0.3) is 0 Å². The fourth-order valence-electron chi connectivity index (χ4n) is 2.22. The SMILES string of the molecule is CN[C@H](C)Cc1nc(C)sc1[C@H]1CCNC1. The summed E-state index contributed by atoms with van der Waals surface area (Å²) in [7, 11) is 2.01. The van der Waals surface area contributed by atoms with Crippen molar-refractivity contribution in [2.45, 2.75) is 38.6 Å². The first-order chi connectivity index (χ1) is 7.70. The highest BCUT2D eigenvalue weighted by molar-refractivity contribution is 7.11. The minimum atomic E-state index is 0.509. The molecule has 2 rings (SSSR count). The van der Waals surface area contributed by atoms with Crippen molar-refractivity contribution in [2.24, 2.45) is 0 Å². The highest BCUT2D eigenvalue weighted by Gasteiger charge is 2.23. The zero-order valence-corrected chi connectivity index (χ0v) is 11.2. The van der Waals surface area contributed by atoms with E-state index in [-0.39, 0.29) is 0 Å². The highest BCUT2D eigenvalue weighted by atomic mass is 32.1. The van der Waals surface area contributed by atoms with Crippen LogP contribution in [0.1, 0.15) is 34.8 Å². The zero-order valence-electron chi connectivity index (χ0n) is 10.3. The molecule has 3 nitrogen and oxygen atoms in total. The molecule has 0 bridgehead atoms. The Bertz CT molecular complexity index is 342. The third kappa shape index (κ3) is 2.62. The molecule has 2 atom stereocenters. The molecule has 1 saturated heterocycles. The first kappa shape index (κ1) is 12.0. The number of likely N-dealkylation sites (N-methyl/N-ethyl adjacent to an activating group) is 1. The van der Waals surface area contributed by atoms with Gasteiger partial charge < -0.3 is 10.6 Å². The van der Waals surface area contributed by atoms with Crippen LogP contribution in [0, 0.1) is 6.92 Å². The maximum atomic E-state index is 4.69. The van der Waals surface area contributed by atoms with Crippen molar-refractivity contribution >= 4 is 11.3 Å². The first-order valence-corrected chi connectivity index (χ1v) is 6.86. The topological polar surface area (TPSA) is 37.0 Å². The average Bonchev–Trinajstić information content (AvgIpc) is 2.87. The van der Waals surface area contributed by atoms with Crippen molar-refractivity contribution in [3.05, 3.63) is 15.6 Å². The summed E-state index contributed by atoms with van der Waals surface area (Å²) >= 11 is 1.89. The molecule has 0 unspecified atom stereocenters. The molecule has 16 heavy (non-hydrogen) atoms. The molecule has 2 N–H and O–H groups in total. The van der Waals surface area contributed by atoms with Crippen LogP contribution in [-0.2, 0) is 6.42 Å². The minimum Gasteiger partial charge on any atom is -0.317 e. The van der Waals surface area contributed by atoms with Crippen molar-refractivity contribution in [2.75, 3.05) is 20.1 Å². The molecule has 2 heterocycles. The quantitative estimate of drug-likeness (QED) is 0.839. The lowest BCUT2D eigenvalue weighted by molar-refractivity contribution is 0.595. The van der Waals surface area contributed by atoms with Gasteiger partial charge in [0.2, 0.25) is 0 Å². The third-order valence-electron chi connectivity index (χ3n) is 3.26. The summed E-state index contributed by atoms with van der Waals surface area (Å²) < 4.78 is 0. The molecule has 0 radical (unpaired) electrons. The largest absolute Gasteiger partial charge is 0.317 e. The van der Waals surface area contributed by atoms with Gasteiger partial charge in [-0.25, -0.2) is 4.98 Å². The van der Waals surface area contributed by atoms with Crippen molar-refractivity contribution in [3.8, 4) is 0 Å². The van der Waals surface area contributed by atoms with Crippen LogP contribution in [0.5, 0.6) is 0 Å². The fourth-order valence-corrected chi connectivity index (χ4v) is 3.31. The molecule has 1 aliphatic rings. The summed E-state index contributed by atoms with van der Waals surface area (Å²) in [5, 5.41) is 7.94. The van der Waals surface area contributed by atoms with Crippen molar-refractivity contribution in [1.29, 1.82) is 0 Å². The van der Waals surface area contributed by atoms with Crippen LogP contribution in [0.25, 0.3) is 0 Å². The molecular weight excluding hydrogens is 218 g/mol. The van der Waals surface area contributed by atoms with E-state index in [1.54, 1.807) is 0 Å². The minimum absolute atomic E-state index is 0.509. The van der Waals surface area contributed by atoms with Gasteiger partial charge in [-0.05, 0) is 33.9 Å². The van der Waals surface area contributed by atoms with Crippen LogP contribution in [-0.4, -0.2) is 31.2 Å². The zero-order chi connectivity index (χ0) is 11.5. The second-order valence-corrected chi connectivity index (χ2v) is 5.86. The Labute approximate surface area is 102 Å². The Morgan fingerprint density at radius 3 is 3.06 bits per heavy atom. The molecule has 0 saturated carbocycles. The Kier molecular flexibility index (Phi) is 3.95. The second-order valence-electron chi connectivity index (χ2n) is 4.63. The van der Waals surface area contributed by atoms with E-state index in [0.29, 0.717) is 12.0 Å². The van der Waals surface area contributed by atoms with E-state index < -0.39 is 0 Å². The Balaban J connectivity index is 2.16. The molecule has 4 heteroatoms. The maximum absolute atomic E-state index is 4.69. The number of nitrogens with zero attached hydrogens (tertiary/aromatic N) is 1. The number of hydrogen-bond donors (Lipinski definition) is 2. The Morgan fingerprint density at radius 1 is 1.62 bits per heavy atom. The first-order valence-electron chi connectivity index (χ1n) is 6.05. The number of rotatable bonds is 4. The van der Waals surface area contributed by atoms with Gasteiger partial charge in [0.05, 0.1) is 10.7 Å². The standard InChI is InChI=1S/C12H21N3S/c1-8(13-3)6-11-12(16-9(2)15-11)10-4-5-14-7-10/h8,10,13-14H,4-7H2,1-3H3/t8-,10+/m1/s1. The maximum Gasteiger partial charge on any atom is 0.0900 e. The lowest BCUT2D eigenvalue weighted by Gasteiger charge is -2.12. The molecule has 1 fully saturated rings. The number of thiazole rings is 1. The van der Waals surface area contributed by atoms with Gasteiger partial charge in [-0.15, -0.1) is 11.3 Å². The van der Waals surface area contributed by atoms with Crippen LogP contribution in [0.15, 0.2) is 0 Å². The van der Waals surface area contributed by atoms with E-state index in [4.69, 9.17) is 4.98 Å². The normalized spacial score (nSPS) is 22.6. The summed E-state index contributed by atoms with van der Waals surface area (Å²) in [6.45, 7) is 6.61. The smallest absolute Gasteiger partial charge is 0.0900 e. The van der Waals surface area contributed by atoms with Crippen molar-refractivity contribution in [3.63, 3.8) is 0 Å². The predicted octanol–water partition coefficient (Wildman–Crippen LogP) is 1.68. The second kappa shape index (κ2) is 5.25. The number of nitrogens with one attached hydrogen (secondary N) is 2. The van der Waals surface area contributed by atoms with Crippen LogP contribution in [0.2, 0.25) is 0 Å². The molecule has 0 aliphatic carbocycles. The average molecular weight is 239 g/mol. The third-order valence-corrected chi connectivity index (χ3v) is 4.43. The van der Waals surface area contributed by atoms with Crippen molar-refractivity contribution in [1.82, 2.24) is 15.6 Å². The van der Waals surface area contributed by atoms with E-state index >= 15 is 0 Å². The number of aryl methyl sites for hydroxylation is 1. The monoisotopic (exact) mass is 239 g/mol. The van der Waals surface area contributed by atoms with Gasteiger partial charge in [0, 0.05) is 29.8 Å². The summed E-state index contributed by atoms with van der Waals surface area (Å²) in [6, 6.07) is 0.509. The van der Waals surface area contributed by atoms with Gasteiger partial charge in [-0.3, -0.25) is 0 Å². The van der Waals surface area contributed by atoms with Gasteiger partial charge in [0.15, 0.2) is 0 Å². The lowest BCUT2D eigenvalue weighted by Crippen LogP contribution is -2.24. The van der Waals surface area contributed by atoms with E-state index in [1.807, 2.05) is 18.4 Å². The van der Waals surface area contributed by atoms with E-state index in [2.05, 4.69) is 24.5 Å². The molecular formula is C12H21N3S. The highest BCUT2D eigenvalue weighted by Crippen LogP contribution is 2.31. The molecule has 1 aliphatic heterocycles. The number of hydrogen-bond acceptors (Lipinski definition) is 4. The van der Waals surface area contributed by atoms with Crippen LogP contribution in [0.3, 0.4) is 0 Å². The predicted molar refractivity (Wildman–Crippen MR) is 69.3 cm³/mol. The summed E-state index contributed by atoms with van der Waals surface area (Å²) in [4.78, 5) is 6.21. The molecule has 0 spiro atoms. The van der Waals surface area contributed by atoms with Crippen LogP contribution < -0.4 is 10.6 Å². The summed E-state index contributed by atoms with van der Waals surface area (Å²) in [5.74, 6) is 0.699. The fraction of sp³-hybridized carbons (Fsp3) is 0.750. The molecule has 1 aromatic heterocycles. The van der Waals surface area contributed by atoms with Crippen molar-refractivity contribution < 1.29 is 0 Å². The van der Waals surface area contributed by atoms with E-state index in [1.165, 1.54) is 22.0 Å².